The Balaban J connectivity index is 2.43. The first-order valence-electron chi connectivity index (χ1n) is 6.15. The van der Waals surface area contributed by atoms with Gasteiger partial charge < -0.3 is 0 Å². The average Bonchev–Trinajstić information content (AvgIpc) is 2.42. The van der Waals surface area contributed by atoms with Crippen LogP contribution in [0.25, 0.3) is 0 Å². The Morgan fingerprint density at radius 2 is 2.05 bits per heavy atom. The standard InChI is InChI=1S/C15H16BrClN2/c1-2-10-4-3-5-11(8-10)15(19-18)13-7-6-12(17)9-14(13)16/h3-9,15,19H,2,18H2,1H3. The van der Waals surface area contributed by atoms with Gasteiger partial charge >= 0.3 is 0 Å². The van der Waals surface area contributed by atoms with Crippen LogP contribution in [0.3, 0.4) is 0 Å². The molecule has 0 spiro atoms. The molecule has 0 saturated carbocycles. The van der Waals surface area contributed by atoms with E-state index in [1.54, 1.807) is 0 Å². The van der Waals surface area contributed by atoms with Crippen molar-refractivity contribution in [3.8, 4) is 0 Å². The number of nitrogens with one attached hydrogen (secondary N) is 1. The first kappa shape index (κ1) is 14.5. The number of rotatable bonds is 4. The minimum atomic E-state index is -0.0573. The predicted molar refractivity (Wildman–Crippen MR) is 84.1 cm³/mol. The number of hydrazine groups is 1. The van der Waals surface area contributed by atoms with Crippen molar-refractivity contribution in [3.05, 3.63) is 68.7 Å². The fraction of sp³-hybridized carbons (Fsp3) is 0.200. The maximum absolute atomic E-state index is 5.98. The summed E-state index contributed by atoms with van der Waals surface area (Å²) in [6.45, 7) is 2.14. The molecule has 2 aromatic rings. The van der Waals surface area contributed by atoms with Crippen LogP contribution in [0.4, 0.5) is 0 Å². The van der Waals surface area contributed by atoms with Gasteiger partial charge in [0.05, 0.1) is 6.04 Å². The smallest absolute Gasteiger partial charge is 0.0721 e. The largest absolute Gasteiger partial charge is 0.271 e. The molecule has 4 heteroatoms. The lowest BCUT2D eigenvalue weighted by molar-refractivity contribution is 0.634. The highest BCUT2D eigenvalue weighted by atomic mass is 79.9. The lowest BCUT2D eigenvalue weighted by atomic mass is 9.97. The molecule has 2 aromatic carbocycles. The van der Waals surface area contributed by atoms with Crippen LogP contribution in [0.1, 0.15) is 29.7 Å². The molecular weight excluding hydrogens is 324 g/mol. The quantitative estimate of drug-likeness (QED) is 0.646. The first-order valence-corrected chi connectivity index (χ1v) is 7.32. The van der Waals surface area contributed by atoms with Crippen molar-refractivity contribution < 1.29 is 0 Å². The Hall–Kier alpha value is -0.870. The van der Waals surface area contributed by atoms with Gasteiger partial charge in [0.15, 0.2) is 0 Å². The van der Waals surface area contributed by atoms with E-state index in [0.717, 1.165) is 22.0 Å². The highest BCUT2D eigenvalue weighted by Gasteiger charge is 2.15. The molecule has 2 rings (SSSR count). The monoisotopic (exact) mass is 338 g/mol. The molecule has 1 atom stereocenters. The summed E-state index contributed by atoms with van der Waals surface area (Å²) in [7, 11) is 0. The summed E-state index contributed by atoms with van der Waals surface area (Å²) in [4.78, 5) is 0. The Kier molecular flexibility index (Phi) is 4.99. The van der Waals surface area contributed by atoms with E-state index in [9.17, 15) is 0 Å². The van der Waals surface area contributed by atoms with Crippen LogP contribution in [0.5, 0.6) is 0 Å². The summed E-state index contributed by atoms with van der Waals surface area (Å²) in [5.41, 5.74) is 6.38. The number of hydrogen-bond donors (Lipinski definition) is 2. The molecule has 0 amide bonds. The van der Waals surface area contributed by atoms with Gasteiger partial charge in [0, 0.05) is 9.50 Å². The average molecular weight is 340 g/mol. The van der Waals surface area contributed by atoms with E-state index in [4.69, 9.17) is 17.4 Å². The number of benzene rings is 2. The van der Waals surface area contributed by atoms with Crippen molar-refractivity contribution in [2.24, 2.45) is 5.84 Å². The molecule has 0 saturated heterocycles. The number of nitrogens with two attached hydrogens (primary N) is 1. The van der Waals surface area contributed by atoms with Crippen LogP contribution < -0.4 is 11.3 Å². The Morgan fingerprint density at radius 3 is 2.68 bits per heavy atom. The van der Waals surface area contributed by atoms with Crippen molar-refractivity contribution in [1.82, 2.24) is 5.43 Å². The van der Waals surface area contributed by atoms with E-state index >= 15 is 0 Å². The minimum absolute atomic E-state index is 0.0573. The number of hydrogen-bond acceptors (Lipinski definition) is 2. The third-order valence-corrected chi connectivity index (χ3v) is 4.05. The van der Waals surface area contributed by atoms with Crippen molar-refractivity contribution >= 4 is 27.5 Å². The van der Waals surface area contributed by atoms with E-state index < -0.39 is 0 Å². The zero-order chi connectivity index (χ0) is 13.8. The highest BCUT2D eigenvalue weighted by molar-refractivity contribution is 9.10. The van der Waals surface area contributed by atoms with E-state index in [-0.39, 0.29) is 6.04 Å². The zero-order valence-electron chi connectivity index (χ0n) is 10.7. The second-order valence-corrected chi connectivity index (χ2v) is 5.65. The van der Waals surface area contributed by atoms with Gasteiger partial charge in [0.25, 0.3) is 0 Å². The summed E-state index contributed by atoms with van der Waals surface area (Å²) >= 11 is 9.52. The lowest BCUT2D eigenvalue weighted by Gasteiger charge is -2.19. The van der Waals surface area contributed by atoms with E-state index in [1.165, 1.54) is 5.56 Å². The topological polar surface area (TPSA) is 38.0 Å². The molecule has 0 aliphatic rings. The SMILES string of the molecule is CCc1cccc(C(NN)c2ccc(Cl)cc2Br)c1. The number of aryl methyl sites for hydroxylation is 1. The van der Waals surface area contributed by atoms with Crippen molar-refractivity contribution in [2.45, 2.75) is 19.4 Å². The molecule has 2 nitrogen and oxygen atoms in total. The number of halogens is 2. The molecule has 0 radical (unpaired) electrons. The van der Waals surface area contributed by atoms with E-state index in [2.05, 4.69) is 52.5 Å². The first-order chi connectivity index (χ1) is 9.15. The van der Waals surface area contributed by atoms with E-state index in [1.807, 2.05) is 18.2 Å². The van der Waals surface area contributed by atoms with Gasteiger partial charge in [-0.25, -0.2) is 5.43 Å². The third-order valence-electron chi connectivity index (χ3n) is 3.13. The van der Waals surface area contributed by atoms with Crippen LogP contribution in [0.2, 0.25) is 5.02 Å². The molecule has 0 aliphatic heterocycles. The van der Waals surface area contributed by atoms with Crippen LogP contribution in [0, 0.1) is 0 Å². The zero-order valence-corrected chi connectivity index (χ0v) is 13.0. The Morgan fingerprint density at radius 1 is 1.26 bits per heavy atom. The van der Waals surface area contributed by atoms with Crippen LogP contribution in [0.15, 0.2) is 46.9 Å². The molecule has 3 N–H and O–H groups in total. The maximum atomic E-state index is 5.98. The molecule has 19 heavy (non-hydrogen) atoms. The maximum Gasteiger partial charge on any atom is 0.0721 e. The fourth-order valence-electron chi connectivity index (χ4n) is 2.09. The van der Waals surface area contributed by atoms with Gasteiger partial charge in [0.2, 0.25) is 0 Å². The molecular formula is C15H16BrClN2. The Labute approximate surface area is 127 Å². The molecule has 0 fully saturated rings. The molecule has 0 aromatic heterocycles. The third kappa shape index (κ3) is 3.37. The van der Waals surface area contributed by atoms with Gasteiger partial charge in [-0.2, -0.15) is 0 Å². The molecule has 0 heterocycles. The van der Waals surface area contributed by atoms with Gasteiger partial charge in [0.1, 0.15) is 0 Å². The predicted octanol–water partition coefficient (Wildman–Crippen LogP) is 4.22. The second-order valence-electron chi connectivity index (χ2n) is 4.36. The summed E-state index contributed by atoms with van der Waals surface area (Å²) in [5.74, 6) is 5.73. The molecule has 0 aliphatic carbocycles. The van der Waals surface area contributed by atoms with Gasteiger partial charge in [-0.3, -0.25) is 5.84 Å². The van der Waals surface area contributed by atoms with Gasteiger partial charge in [-0.1, -0.05) is 64.8 Å². The fourth-order valence-corrected chi connectivity index (χ4v) is 3.01. The minimum Gasteiger partial charge on any atom is -0.271 e. The lowest BCUT2D eigenvalue weighted by Crippen LogP contribution is -2.29. The van der Waals surface area contributed by atoms with Gasteiger partial charge in [-0.15, -0.1) is 0 Å². The summed E-state index contributed by atoms with van der Waals surface area (Å²) < 4.78 is 0.949. The van der Waals surface area contributed by atoms with Gasteiger partial charge in [-0.05, 0) is 35.2 Å². The van der Waals surface area contributed by atoms with Crippen molar-refractivity contribution in [2.75, 3.05) is 0 Å². The second kappa shape index (κ2) is 6.53. The molecule has 100 valence electrons. The van der Waals surface area contributed by atoms with Crippen LogP contribution in [-0.2, 0) is 6.42 Å². The summed E-state index contributed by atoms with van der Waals surface area (Å²) in [6, 6.07) is 14.1. The molecule has 1 unspecified atom stereocenters. The van der Waals surface area contributed by atoms with Crippen molar-refractivity contribution in [1.29, 1.82) is 0 Å². The van der Waals surface area contributed by atoms with Crippen LogP contribution >= 0.6 is 27.5 Å². The normalized spacial score (nSPS) is 12.4. The summed E-state index contributed by atoms with van der Waals surface area (Å²) in [5, 5.41) is 0.703. The highest BCUT2D eigenvalue weighted by Crippen LogP contribution is 2.30. The van der Waals surface area contributed by atoms with Crippen molar-refractivity contribution in [3.63, 3.8) is 0 Å². The molecule has 0 bridgehead atoms. The Bertz CT molecular complexity index is 572. The summed E-state index contributed by atoms with van der Waals surface area (Å²) in [6.07, 6.45) is 1.01. The van der Waals surface area contributed by atoms with Crippen LogP contribution in [-0.4, -0.2) is 0 Å². The van der Waals surface area contributed by atoms with E-state index in [0.29, 0.717) is 5.02 Å².